The number of nitriles is 1. The number of hydrogen-bond acceptors (Lipinski definition) is 5. The number of rotatable bonds is 3. The summed E-state index contributed by atoms with van der Waals surface area (Å²) in [5.41, 5.74) is 11.3. The molecule has 0 fully saturated rings. The maximum atomic E-state index is 9.66. The molecule has 0 aliphatic carbocycles. The number of benzene rings is 2. The van der Waals surface area contributed by atoms with Gasteiger partial charge in [0.05, 0.1) is 18.5 Å². The minimum atomic E-state index is 0.263. The van der Waals surface area contributed by atoms with Gasteiger partial charge in [0.1, 0.15) is 23.2 Å². The second kappa shape index (κ2) is 6.46. The van der Waals surface area contributed by atoms with Crippen LogP contribution in [-0.4, -0.2) is 21.7 Å². The van der Waals surface area contributed by atoms with Crippen molar-refractivity contribution in [2.45, 2.75) is 6.92 Å². The normalized spacial score (nSPS) is 10.7. The van der Waals surface area contributed by atoms with Gasteiger partial charge in [0, 0.05) is 17.2 Å². The van der Waals surface area contributed by atoms with Gasteiger partial charge in [0.25, 0.3) is 0 Å². The maximum absolute atomic E-state index is 9.66. The predicted octanol–water partition coefficient (Wildman–Crippen LogP) is 3.83. The van der Waals surface area contributed by atoms with Crippen LogP contribution in [0.1, 0.15) is 11.1 Å². The third-order valence-electron chi connectivity index (χ3n) is 4.41. The molecule has 2 aromatic heterocycles. The zero-order valence-electron chi connectivity index (χ0n) is 15.0. The van der Waals surface area contributed by atoms with Crippen molar-refractivity contribution in [3.05, 3.63) is 65.7 Å². The van der Waals surface area contributed by atoms with Gasteiger partial charge in [0.15, 0.2) is 5.65 Å². The van der Waals surface area contributed by atoms with Crippen LogP contribution in [0.15, 0.2) is 54.6 Å². The maximum Gasteiger partial charge on any atom is 0.158 e. The van der Waals surface area contributed by atoms with Crippen molar-refractivity contribution in [2.24, 2.45) is 0 Å². The average Bonchev–Trinajstić information content (AvgIpc) is 3.12. The molecular formula is C21H17N5O. The Hall–Kier alpha value is -3.85. The predicted molar refractivity (Wildman–Crippen MR) is 104 cm³/mol. The fourth-order valence-electron chi connectivity index (χ4n) is 3.06. The van der Waals surface area contributed by atoms with Crippen LogP contribution < -0.4 is 10.5 Å². The number of nitrogen functional groups attached to an aromatic ring is 1. The molecule has 27 heavy (non-hydrogen) atoms. The van der Waals surface area contributed by atoms with E-state index in [1.54, 1.807) is 7.11 Å². The molecule has 0 spiro atoms. The summed E-state index contributed by atoms with van der Waals surface area (Å²) >= 11 is 0. The number of anilines is 1. The molecule has 6 heteroatoms. The smallest absolute Gasteiger partial charge is 0.158 e. The first-order valence-corrected chi connectivity index (χ1v) is 8.41. The molecule has 0 saturated carbocycles. The summed E-state index contributed by atoms with van der Waals surface area (Å²) in [6, 6.07) is 19.5. The van der Waals surface area contributed by atoms with E-state index in [-0.39, 0.29) is 11.4 Å². The van der Waals surface area contributed by atoms with Crippen molar-refractivity contribution in [3.8, 4) is 34.3 Å². The van der Waals surface area contributed by atoms with Crippen LogP contribution in [0.5, 0.6) is 5.75 Å². The molecule has 2 aromatic carbocycles. The highest BCUT2D eigenvalue weighted by Gasteiger charge is 2.17. The number of nitrogens with two attached hydrogens (primary N) is 1. The summed E-state index contributed by atoms with van der Waals surface area (Å²) in [7, 11) is 1.60. The molecular weight excluding hydrogens is 338 g/mol. The molecule has 0 saturated heterocycles. The van der Waals surface area contributed by atoms with Gasteiger partial charge in [-0.1, -0.05) is 35.9 Å². The summed E-state index contributed by atoms with van der Waals surface area (Å²) in [6.45, 7) is 2.03. The van der Waals surface area contributed by atoms with Gasteiger partial charge in [-0.3, -0.25) is 0 Å². The van der Waals surface area contributed by atoms with Crippen LogP contribution in [-0.2, 0) is 0 Å². The van der Waals surface area contributed by atoms with Crippen molar-refractivity contribution in [1.29, 1.82) is 5.26 Å². The Morgan fingerprint density at radius 3 is 2.59 bits per heavy atom. The lowest BCUT2D eigenvalue weighted by Gasteiger charge is -2.09. The summed E-state index contributed by atoms with van der Waals surface area (Å²) in [4.78, 5) is 4.66. The third kappa shape index (κ3) is 2.85. The zero-order valence-corrected chi connectivity index (χ0v) is 15.0. The largest absolute Gasteiger partial charge is 0.497 e. The van der Waals surface area contributed by atoms with E-state index in [4.69, 9.17) is 10.5 Å². The second-order valence-electron chi connectivity index (χ2n) is 6.23. The van der Waals surface area contributed by atoms with Crippen molar-refractivity contribution in [1.82, 2.24) is 14.6 Å². The van der Waals surface area contributed by atoms with E-state index < -0.39 is 0 Å². The molecule has 0 radical (unpaired) electrons. The lowest BCUT2D eigenvalue weighted by molar-refractivity contribution is 0.415. The van der Waals surface area contributed by atoms with Gasteiger partial charge in [-0.15, -0.1) is 0 Å². The van der Waals surface area contributed by atoms with Crippen molar-refractivity contribution >= 4 is 11.5 Å². The fraction of sp³-hybridized carbons (Fsp3) is 0.0952. The summed E-state index contributed by atoms with van der Waals surface area (Å²) in [6.07, 6.45) is 0. The Labute approximate surface area is 156 Å². The highest BCUT2D eigenvalue weighted by Crippen LogP contribution is 2.30. The molecule has 2 heterocycles. The van der Waals surface area contributed by atoms with E-state index in [1.165, 1.54) is 4.52 Å². The van der Waals surface area contributed by atoms with Gasteiger partial charge >= 0.3 is 0 Å². The summed E-state index contributed by atoms with van der Waals surface area (Å²) < 4.78 is 6.80. The van der Waals surface area contributed by atoms with E-state index >= 15 is 0 Å². The molecule has 0 aliphatic heterocycles. The lowest BCUT2D eigenvalue weighted by Crippen LogP contribution is -2.06. The number of ether oxygens (including phenoxy) is 1. The molecule has 0 bridgehead atoms. The summed E-state index contributed by atoms with van der Waals surface area (Å²) in [5.74, 6) is 0.949. The first-order chi connectivity index (χ1) is 13.1. The van der Waals surface area contributed by atoms with E-state index in [0.717, 1.165) is 22.4 Å². The number of methoxy groups -OCH3 is 1. The van der Waals surface area contributed by atoms with Gasteiger partial charge in [-0.25, -0.2) is 4.98 Å². The monoisotopic (exact) mass is 355 g/mol. The van der Waals surface area contributed by atoms with E-state index in [9.17, 15) is 5.26 Å². The van der Waals surface area contributed by atoms with Crippen LogP contribution in [0.25, 0.3) is 28.2 Å². The SMILES string of the molecule is COc1cccc(-c2nc3cc(-c4cccc(C)c4)nn3c(N)c2C#N)c1. The molecule has 0 unspecified atom stereocenters. The highest BCUT2D eigenvalue weighted by atomic mass is 16.5. The molecule has 4 aromatic rings. The van der Waals surface area contributed by atoms with Crippen LogP contribution in [0.4, 0.5) is 5.82 Å². The van der Waals surface area contributed by atoms with Crippen LogP contribution in [0, 0.1) is 18.3 Å². The summed E-state index contributed by atoms with van der Waals surface area (Å²) in [5, 5.41) is 14.2. The molecule has 2 N–H and O–H groups in total. The van der Waals surface area contributed by atoms with E-state index in [2.05, 4.69) is 16.2 Å². The standard InChI is InChI=1S/C21H17N5O/c1-13-5-3-6-14(9-13)18-11-19-24-20(15-7-4-8-16(10-15)27-2)17(12-22)21(23)26(19)25-18/h3-11H,23H2,1-2H3. The molecule has 0 amide bonds. The quantitative estimate of drug-likeness (QED) is 0.603. The van der Waals surface area contributed by atoms with Gasteiger partial charge in [0.2, 0.25) is 0 Å². The first-order valence-electron chi connectivity index (χ1n) is 8.41. The Morgan fingerprint density at radius 2 is 1.85 bits per heavy atom. The molecule has 0 atom stereocenters. The number of nitrogens with zero attached hydrogens (tertiary/aromatic N) is 4. The Kier molecular flexibility index (Phi) is 3.98. The number of aryl methyl sites for hydroxylation is 1. The Bertz CT molecular complexity index is 1200. The first kappa shape index (κ1) is 16.6. The van der Waals surface area contributed by atoms with Gasteiger partial charge < -0.3 is 10.5 Å². The Morgan fingerprint density at radius 1 is 1.07 bits per heavy atom. The molecule has 0 aliphatic rings. The van der Waals surface area contributed by atoms with Gasteiger partial charge in [-0.2, -0.15) is 14.9 Å². The second-order valence-corrected chi connectivity index (χ2v) is 6.23. The van der Waals surface area contributed by atoms with Crippen molar-refractivity contribution in [3.63, 3.8) is 0 Å². The Balaban J connectivity index is 1.95. The van der Waals surface area contributed by atoms with Gasteiger partial charge in [-0.05, 0) is 25.1 Å². The number of fused-ring (bicyclic) bond motifs is 1. The topological polar surface area (TPSA) is 89.2 Å². The van der Waals surface area contributed by atoms with Crippen LogP contribution in [0.3, 0.4) is 0 Å². The minimum Gasteiger partial charge on any atom is -0.497 e. The van der Waals surface area contributed by atoms with Crippen molar-refractivity contribution < 1.29 is 4.74 Å². The molecule has 6 nitrogen and oxygen atoms in total. The number of hydrogen-bond donors (Lipinski definition) is 1. The third-order valence-corrected chi connectivity index (χ3v) is 4.41. The van der Waals surface area contributed by atoms with E-state index in [0.29, 0.717) is 17.1 Å². The average molecular weight is 355 g/mol. The highest BCUT2D eigenvalue weighted by molar-refractivity contribution is 5.77. The molecule has 4 rings (SSSR count). The van der Waals surface area contributed by atoms with Crippen molar-refractivity contribution in [2.75, 3.05) is 12.8 Å². The fourth-order valence-corrected chi connectivity index (χ4v) is 3.06. The molecule has 132 valence electrons. The van der Waals surface area contributed by atoms with Crippen LogP contribution >= 0.6 is 0 Å². The zero-order chi connectivity index (χ0) is 19.0. The van der Waals surface area contributed by atoms with E-state index in [1.807, 2.05) is 61.5 Å². The van der Waals surface area contributed by atoms with Crippen LogP contribution in [0.2, 0.25) is 0 Å². The number of aromatic nitrogens is 3. The minimum absolute atomic E-state index is 0.263. The lowest BCUT2D eigenvalue weighted by atomic mass is 10.1.